The molecule has 0 N–H and O–H groups in total. The van der Waals surface area contributed by atoms with Gasteiger partial charge < -0.3 is 14.6 Å². The van der Waals surface area contributed by atoms with Gasteiger partial charge in [0, 0.05) is 10.9 Å². The second-order valence-electron chi connectivity index (χ2n) is 4.39. The van der Waals surface area contributed by atoms with Gasteiger partial charge in [-0.05, 0) is 42.8 Å². The molecule has 2 aromatic rings. The average Bonchev–Trinajstić information content (AvgIpc) is 2.48. The fourth-order valence-electron chi connectivity index (χ4n) is 1.93. The summed E-state index contributed by atoms with van der Waals surface area (Å²) in [6.45, 7) is 1.95. The highest BCUT2D eigenvalue weighted by Crippen LogP contribution is 2.27. The van der Waals surface area contributed by atoms with Crippen LogP contribution in [-0.4, -0.2) is 19.7 Å². The molecule has 0 spiro atoms. The van der Waals surface area contributed by atoms with Crippen LogP contribution in [0.4, 0.5) is 0 Å². The summed E-state index contributed by atoms with van der Waals surface area (Å²) < 4.78 is 10.4. The van der Waals surface area contributed by atoms with E-state index in [2.05, 4.69) is 0 Å². The van der Waals surface area contributed by atoms with Crippen LogP contribution in [0.15, 0.2) is 36.4 Å². The number of hydrogen-bond acceptors (Lipinski definition) is 3. The molecule has 0 heterocycles. The zero-order chi connectivity index (χ0) is 15.4. The largest absolute Gasteiger partial charge is 0.823 e. The van der Waals surface area contributed by atoms with Gasteiger partial charge in [0.2, 0.25) is 0 Å². The Morgan fingerprint density at radius 2 is 1.90 bits per heavy atom. The number of hydrogen-bond donors (Lipinski definition) is 0. The van der Waals surface area contributed by atoms with E-state index >= 15 is 0 Å². The number of methoxy groups -OCH3 is 2. The fourth-order valence-corrected chi connectivity index (χ4v) is 3.20. The summed E-state index contributed by atoms with van der Waals surface area (Å²) in [5.74, 6) is 1.26. The molecule has 0 fully saturated rings. The van der Waals surface area contributed by atoms with Gasteiger partial charge in [-0.2, -0.15) is 0 Å². The van der Waals surface area contributed by atoms with Crippen molar-refractivity contribution in [3.05, 3.63) is 52.5 Å². The van der Waals surface area contributed by atoms with E-state index in [4.69, 9.17) is 21.1 Å². The molecule has 0 aliphatic heterocycles. The Morgan fingerprint density at radius 1 is 1.14 bits per heavy atom. The molecule has 2 aromatic carbocycles. The lowest BCUT2D eigenvalue weighted by Crippen LogP contribution is -2.19. The van der Waals surface area contributed by atoms with Gasteiger partial charge >= 0.3 is 0 Å². The molecule has 5 heteroatoms. The Kier molecular flexibility index (Phi) is 5.24. The van der Waals surface area contributed by atoms with Crippen LogP contribution in [0, 0.1) is 6.92 Å². The van der Waals surface area contributed by atoms with Crippen LogP contribution in [0.5, 0.6) is 11.5 Å². The molecule has 0 atom stereocenters. The van der Waals surface area contributed by atoms with Crippen LogP contribution in [0.2, 0.25) is 5.02 Å². The first-order chi connectivity index (χ1) is 10.1. The van der Waals surface area contributed by atoms with E-state index in [0.29, 0.717) is 24.5 Å². The summed E-state index contributed by atoms with van der Waals surface area (Å²) in [5.41, 5.74) is 1.32. The first kappa shape index (κ1) is 15.8. The molecule has 0 bridgehead atoms. The number of ether oxygens (including phenoxy) is 2. The molecule has 0 unspecified atom stereocenters. The van der Waals surface area contributed by atoms with Gasteiger partial charge in [0.1, 0.15) is 11.5 Å². The van der Waals surface area contributed by atoms with Crippen molar-refractivity contribution in [2.45, 2.75) is 6.92 Å². The van der Waals surface area contributed by atoms with E-state index in [1.54, 1.807) is 25.3 Å². The zero-order valence-electron chi connectivity index (χ0n) is 12.0. The van der Waals surface area contributed by atoms with E-state index < -0.39 is 0 Å². The molecule has 0 aliphatic rings. The third-order valence-corrected chi connectivity index (χ3v) is 4.52. The Balaban J connectivity index is 2.47. The molecular weight excluding hydrogens is 307 g/mol. The van der Waals surface area contributed by atoms with Gasteiger partial charge in [0.05, 0.1) is 19.2 Å². The van der Waals surface area contributed by atoms with Crippen molar-refractivity contribution in [2.75, 3.05) is 14.2 Å². The van der Waals surface area contributed by atoms with Gasteiger partial charge in [-0.1, -0.05) is 31.4 Å². The number of aryl methyl sites for hydroxylation is 1. The maximum Gasteiger partial charge on any atom is 0.126 e. The second-order valence-corrected chi connectivity index (χ2v) is 5.91. The van der Waals surface area contributed by atoms with Gasteiger partial charge in [0.25, 0.3) is 0 Å². The van der Waals surface area contributed by atoms with Crippen molar-refractivity contribution in [3.63, 3.8) is 0 Å². The summed E-state index contributed by atoms with van der Waals surface area (Å²) in [6, 6.07) is 10.8. The first-order valence-electron chi connectivity index (χ1n) is 6.30. The highest BCUT2D eigenvalue weighted by atomic mass is 35.5. The standard InChI is InChI=1S/C16H16ClO3P/c1-10-9-11(19-2)7-8-14(10)21-16(18)15-12(17)5-4-6-13(15)20-3/h4-9,18H,1-3H3/p-1. The van der Waals surface area contributed by atoms with Crippen molar-refractivity contribution < 1.29 is 14.6 Å². The van der Waals surface area contributed by atoms with Gasteiger partial charge in [0.15, 0.2) is 0 Å². The summed E-state index contributed by atoms with van der Waals surface area (Å²) in [6.07, 6.45) is 0. The second kappa shape index (κ2) is 6.95. The molecular formula is C16H15ClO3P-. The maximum atomic E-state index is 12.5. The zero-order valence-corrected chi connectivity index (χ0v) is 13.7. The fraction of sp³-hybridized carbons (Fsp3) is 0.188. The minimum atomic E-state index is -0.0919. The maximum absolute atomic E-state index is 12.5. The Bertz CT molecular complexity index is 683. The molecule has 0 aliphatic carbocycles. The lowest BCUT2D eigenvalue weighted by Gasteiger charge is -2.18. The van der Waals surface area contributed by atoms with Crippen molar-refractivity contribution in [1.82, 2.24) is 0 Å². The molecule has 3 nitrogen and oxygen atoms in total. The molecule has 0 radical (unpaired) electrons. The van der Waals surface area contributed by atoms with E-state index in [1.807, 2.05) is 25.1 Å². The lowest BCUT2D eigenvalue weighted by atomic mass is 10.2. The molecule has 0 amide bonds. The van der Waals surface area contributed by atoms with E-state index in [-0.39, 0.29) is 5.48 Å². The predicted molar refractivity (Wildman–Crippen MR) is 86.4 cm³/mol. The minimum Gasteiger partial charge on any atom is -0.823 e. The van der Waals surface area contributed by atoms with Crippen molar-refractivity contribution >= 4 is 30.6 Å². The van der Waals surface area contributed by atoms with Gasteiger partial charge in [-0.25, -0.2) is 0 Å². The van der Waals surface area contributed by atoms with Crippen LogP contribution in [0.25, 0.3) is 0 Å². The molecule has 21 heavy (non-hydrogen) atoms. The number of rotatable bonds is 4. The average molecular weight is 322 g/mol. The first-order valence-corrected chi connectivity index (χ1v) is 7.57. The predicted octanol–water partition coefficient (Wildman–Crippen LogP) is 2.78. The molecule has 2 rings (SSSR count). The van der Waals surface area contributed by atoms with E-state index in [9.17, 15) is 5.11 Å². The molecule has 110 valence electrons. The van der Waals surface area contributed by atoms with E-state index in [1.165, 1.54) is 7.11 Å². The van der Waals surface area contributed by atoms with Gasteiger partial charge in [-0.3, -0.25) is 0 Å². The molecule has 0 saturated carbocycles. The number of halogens is 1. The van der Waals surface area contributed by atoms with Crippen LogP contribution in [0.1, 0.15) is 11.1 Å². The van der Waals surface area contributed by atoms with Crippen LogP contribution in [-0.2, 0) is 0 Å². The van der Waals surface area contributed by atoms with Crippen molar-refractivity contribution in [2.24, 2.45) is 0 Å². The normalized spacial score (nSPS) is 11.4. The van der Waals surface area contributed by atoms with Crippen LogP contribution >= 0.6 is 19.8 Å². The summed E-state index contributed by atoms with van der Waals surface area (Å²) >= 11 is 6.13. The highest BCUT2D eigenvalue weighted by molar-refractivity contribution is 7.49. The molecule has 0 aromatic heterocycles. The quantitative estimate of drug-likeness (QED) is 0.813. The summed E-state index contributed by atoms with van der Waals surface area (Å²) in [4.78, 5) is 0. The van der Waals surface area contributed by atoms with E-state index in [0.717, 1.165) is 16.6 Å². The third-order valence-electron chi connectivity index (χ3n) is 3.04. The van der Waals surface area contributed by atoms with Crippen molar-refractivity contribution in [1.29, 1.82) is 0 Å². The Labute approximate surface area is 130 Å². The van der Waals surface area contributed by atoms with Crippen LogP contribution in [0.3, 0.4) is 0 Å². The third kappa shape index (κ3) is 3.56. The molecule has 0 saturated heterocycles. The SMILES string of the molecule is COc1ccc(P=C([O-])c2c(Cl)cccc2OC)c(C)c1. The highest BCUT2D eigenvalue weighted by Gasteiger charge is 2.07. The summed E-state index contributed by atoms with van der Waals surface area (Å²) in [7, 11) is 3.70. The van der Waals surface area contributed by atoms with Crippen LogP contribution < -0.4 is 19.9 Å². The monoisotopic (exact) mass is 321 g/mol. The minimum absolute atomic E-state index is 0.0919. The summed E-state index contributed by atoms with van der Waals surface area (Å²) in [5, 5.41) is 13.8. The van der Waals surface area contributed by atoms with Crippen molar-refractivity contribution in [3.8, 4) is 11.5 Å². The Morgan fingerprint density at radius 3 is 2.52 bits per heavy atom. The lowest BCUT2D eigenvalue weighted by molar-refractivity contribution is -0.207. The number of benzene rings is 2. The Hall–Kier alpha value is -1.54. The topological polar surface area (TPSA) is 41.5 Å². The van der Waals surface area contributed by atoms with Gasteiger partial charge in [-0.15, -0.1) is 0 Å². The smallest absolute Gasteiger partial charge is 0.126 e.